The standard InChI is InChI=1S/C20H24O3S/c1-24-19-7-5-14(6-8-19)9-15-3-2-4-16(10-15)20-12-17(22)11-18(13-21)23-20/h2-8,10,17-18,20-22H,9,11-13H2,1H3. The summed E-state index contributed by atoms with van der Waals surface area (Å²) in [6.07, 6.45) is 3.21. The van der Waals surface area contributed by atoms with Gasteiger partial charge in [0.15, 0.2) is 0 Å². The van der Waals surface area contributed by atoms with Gasteiger partial charge in [-0.2, -0.15) is 0 Å². The lowest BCUT2D eigenvalue weighted by Gasteiger charge is -2.32. The van der Waals surface area contributed by atoms with E-state index in [0.717, 1.165) is 12.0 Å². The molecule has 1 heterocycles. The molecular weight excluding hydrogens is 320 g/mol. The van der Waals surface area contributed by atoms with Crippen molar-refractivity contribution in [2.45, 2.75) is 42.5 Å². The Morgan fingerprint density at radius 3 is 2.58 bits per heavy atom. The van der Waals surface area contributed by atoms with E-state index in [1.54, 1.807) is 11.8 Å². The highest BCUT2D eigenvalue weighted by Gasteiger charge is 2.28. The molecule has 0 radical (unpaired) electrons. The van der Waals surface area contributed by atoms with Crippen molar-refractivity contribution in [3.8, 4) is 0 Å². The molecule has 1 aliphatic heterocycles. The molecule has 0 aliphatic carbocycles. The van der Waals surface area contributed by atoms with Crippen molar-refractivity contribution in [3.63, 3.8) is 0 Å². The maximum Gasteiger partial charge on any atom is 0.0854 e. The van der Waals surface area contributed by atoms with Gasteiger partial charge < -0.3 is 14.9 Å². The third-order valence-electron chi connectivity index (χ3n) is 4.47. The second-order valence-corrected chi connectivity index (χ2v) is 7.20. The number of hydrogen-bond acceptors (Lipinski definition) is 4. The summed E-state index contributed by atoms with van der Waals surface area (Å²) in [6, 6.07) is 17.0. The molecule has 0 spiro atoms. The molecular formula is C20H24O3S. The maximum atomic E-state index is 10.0. The monoisotopic (exact) mass is 344 g/mol. The van der Waals surface area contributed by atoms with Crippen LogP contribution in [0.4, 0.5) is 0 Å². The summed E-state index contributed by atoms with van der Waals surface area (Å²) in [5.74, 6) is 0. The van der Waals surface area contributed by atoms with E-state index in [1.165, 1.54) is 16.0 Å². The summed E-state index contributed by atoms with van der Waals surface area (Å²) in [7, 11) is 0. The average Bonchev–Trinajstić information content (AvgIpc) is 2.62. The molecule has 128 valence electrons. The summed E-state index contributed by atoms with van der Waals surface area (Å²) in [5, 5.41) is 19.3. The minimum absolute atomic E-state index is 0.0466. The molecule has 2 aromatic carbocycles. The zero-order chi connectivity index (χ0) is 16.9. The van der Waals surface area contributed by atoms with Crippen LogP contribution in [0.1, 0.15) is 35.6 Å². The van der Waals surface area contributed by atoms with Gasteiger partial charge in [0.1, 0.15) is 0 Å². The summed E-state index contributed by atoms with van der Waals surface area (Å²) in [4.78, 5) is 1.27. The molecule has 3 atom stereocenters. The first-order chi connectivity index (χ1) is 11.7. The quantitative estimate of drug-likeness (QED) is 0.814. The van der Waals surface area contributed by atoms with E-state index in [4.69, 9.17) is 4.74 Å². The van der Waals surface area contributed by atoms with Crippen LogP contribution in [0, 0.1) is 0 Å². The molecule has 1 aliphatic rings. The molecule has 2 N–H and O–H groups in total. The molecule has 0 bridgehead atoms. The second kappa shape index (κ2) is 8.17. The molecule has 0 aromatic heterocycles. The van der Waals surface area contributed by atoms with Gasteiger partial charge in [-0.15, -0.1) is 11.8 Å². The van der Waals surface area contributed by atoms with Crippen molar-refractivity contribution < 1.29 is 14.9 Å². The first kappa shape index (κ1) is 17.5. The first-order valence-corrected chi connectivity index (χ1v) is 9.56. The number of hydrogen-bond donors (Lipinski definition) is 2. The van der Waals surface area contributed by atoms with Crippen LogP contribution in [0.3, 0.4) is 0 Å². The Balaban J connectivity index is 1.73. The highest BCUT2D eigenvalue weighted by atomic mass is 32.2. The fraction of sp³-hybridized carbons (Fsp3) is 0.400. The van der Waals surface area contributed by atoms with Gasteiger partial charge in [-0.1, -0.05) is 36.4 Å². The Bertz CT molecular complexity index is 656. The van der Waals surface area contributed by atoms with Crippen LogP contribution in [0.2, 0.25) is 0 Å². The van der Waals surface area contributed by atoms with Crippen LogP contribution in [0.15, 0.2) is 53.4 Å². The molecule has 1 saturated heterocycles. The van der Waals surface area contributed by atoms with E-state index in [1.807, 2.05) is 12.1 Å². The van der Waals surface area contributed by atoms with E-state index >= 15 is 0 Å². The predicted molar refractivity (Wildman–Crippen MR) is 97.4 cm³/mol. The van der Waals surface area contributed by atoms with Crippen LogP contribution in [0.25, 0.3) is 0 Å². The average molecular weight is 344 g/mol. The van der Waals surface area contributed by atoms with Crippen molar-refractivity contribution in [2.75, 3.05) is 12.9 Å². The zero-order valence-corrected chi connectivity index (χ0v) is 14.7. The van der Waals surface area contributed by atoms with Crippen molar-refractivity contribution >= 4 is 11.8 Å². The highest BCUT2D eigenvalue weighted by molar-refractivity contribution is 7.98. The first-order valence-electron chi connectivity index (χ1n) is 8.34. The van der Waals surface area contributed by atoms with Gasteiger partial charge in [0.2, 0.25) is 0 Å². The van der Waals surface area contributed by atoms with Gasteiger partial charge in [-0.05, 0) is 41.5 Å². The van der Waals surface area contributed by atoms with E-state index in [-0.39, 0.29) is 18.8 Å². The summed E-state index contributed by atoms with van der Waals surface area (Å²) >= 11 is 1.75. The normalized spacial score (nSPS) is 24.0. The number of rotatable bonds is 5. The molecule has 2 aromatic rings. The summed E-state index contributed by atoms with van der Waals surface area (Å²) < 4.78 is 5.91. The van der Waals surface area contributed by atoms with E-state index in [2.05, 4.69) is 42.7 Å². The zero-order valence-electron chi connectivity index (χ0n) is 13.9. The molecule has 3 nitrogen and oxygen atoms in total. The largest absolute Gasteiger partial charge is 0.394 e. The molecule has 1 fully saturated rings. The van der Waals surface area contributed by atoms with Gasteiger partial charge >= 0.3 is 0 Å². The number of aliphatic hydroxyl groups excluding tert-OH is 2. The maximum absolute atomic E-state index is 10.0. The van der Waals surface area contributed by atoms with Gasteiger partial charge in [-0.3, -0.25) is 0 Å². The van der Waals surface area contributed by atoms with Crippen LogP contribution < -0.4 is 0 Å². The number of benzene rings is 2. The summed E-state index contributed by atoms with van der Waals surface area (Å²) in [5.41, 5.74) is 3.59. The lowest BCUT2D eigenvalue weighted by molar-refractivity contribution is -0.113. The van der Waals surface area contributed by atoms with E-state index < -0.39 is 6.10 Å². The fourth-order valence-corrected chi connectivity index (χ4v) is 3.61. The number of aliphatic hydroxyl groups is 2. The lowest BCUT2D eigenvalue weighted by Crippen LogP contribution is -2.33. The van der Waals surface area contributed by atoms with Crippen molar-refractivity contribution in [2.24, 2.45) is 0 Å². The Kier molecular flexibility index (Phi) is 5.95. The van der Waals surface area contributed by atoms with Crippen molar-refractivity contribution in [1.29, 1.82) is 0 Å². The van der Waals surface area contributed by atoms with Crippen LogP contribution in [-0.4, -0.2) is 35.3 Å². The molecule has 4 heteroatoms. The SMILES string of the molecule is CSc1ccc(Cc2cccc(C3CC(O)CC(CO)O3)c2)cc1. The smallest absolute Gasteiger partial charge is 0.0854 e. The highest BCUT2D eigenvalue weighted by Crippen LogP contribution is 2.32. The predicted octanol–water partition coefficient (Wildman–Crippen LogP) is 3.57. The molecule has 0 saturated carbocycles. The van der Waals surface area contributed by atoms with Gasteiger partial charge in [0.25, 0.3) is 0 Å². The second-order valence-electron chi connectivity index (χ2n) is 6.32. The van der Waals surface area contributed by atoms with E-state index in [9.17, 15) is 10.2 Å². The van der Waals surface area contributed by atoms with Crippen LogP contribution in [-0.2, 0) is 11.2 Å². The Morgan fingerprint density at radius 2 is 1.88 bits per heavy atom. The number of ether oxygens (including phenoxy) is 1. The third-order valence-corrected chi connectivity index (χ3v) is 5.22. The minimum Gasteiger partial charge on any atom is -0.394 e. The van der Waals surface area contributed by atoms with Crippen molar-refractivity contribution in [3.05, 3.63) is 65.2 Å². The Morgan fingerprint density at radius 1 is 1.08 bits per heavy atom. The van der Waals surface area contributed by atoms with Crippen molar-refractivity contribution in [1.82, 2.24) is 0 Å². The fourth-order valence-electron chi connectivity index (χ4n) is 3.20. The van der Waals surface area contributed by atoms with Gasteiger partial charge in [-0.25, -0.2) is 0 Å². The lowest BCUT2D eigenvalue weighted by atomic mass is 9.94. The summed E-state index contributed by atoms with van der Waals surface area (Å²) in [6.45, 7) is -0.0466. The number of thioether (sulfide) groups is 1. The Hall–Kier alpha value is -1.33. The van der Waals surface area contributed by atoms with Crippen LogP contribution in [0.5, 0.6) is 0 Å². The van der Waals surface area contributed by atoms with Gasteiger partial charge in [0, 0.05) is 17.7 Å². The van der Waals surface area contributed by atoms with E-state index in [0.29, 0.717) is 12.8 Å². The molecule has 3 rings (SSSR count). The Labute approximate surface area is 147 Å². The molecule has 3 unspecified atom stereocenters. The van der Waals surface area contributed by atoms with Gasteiger partial charge in [0.05, 0.1) is 24.9 Å². The third kappa shape index (κ3) is 4.39. The molecule has 24 heavy (non-hydrogen) atoms. The van der Waals surface area contributed by atoms with Crippen LogP contribution >= 0.6 is 11.8 Å². The minimum atomic E-state index is -0.413. The topological polar surface area (TPSA) is 49.7 Å². The molecule has 0 amide bonds.